The topological polar surface area (TPSA) is 34.0 Å². The van der Waals surface area contributed by atoms with Gasteiger partial charge in [-0.1, -0.05) is 30.1 Å². The second-order valence-corrected chi connectivity index (χ2v) is 3.75. The zero-order chi connectivity index (χ0) is 10.7. The summed E-state index contributed by atoms with van der Waals surface area (Å²) < 4.78 is 1.56. The number of nitrogens with zero attached hydrogens (tertiary/aromatic N) is 1. The molecule has 0 saturated heterocycles. The van der Waals surface area contributed by atoms with E-state index in [0.29, 0.717) is 22.4 Å². The molecule has 0 fully saturated rings. The smallest absolute Gasteiger partial charge is 0.267 e. The van der Waals surface area contributed by atoms with E-state index in [9.17, 15) is 4.79 Å². The fraction of sp³-hybridized carbons (Fsp3) is 0.444. The van der Waals surface area contributed by atoms with E-state index in [1.807, 2.05) is 6.92 Å². The van der Waals surface area contributed by atoms with Gasteiger partial charge in [0.2, 0.25) is 0 Å². The first kappa shape index (κ1) is 11.4. The van der Waals surface area contributed by atoms with Gasteiger partial charge in [-0.3, -0.25) is 4.79 Å². The largest absolute Gasteiger partial charge is 0.351 e. The maximum Gasteiger partial charge on any atom is 0.267 e. The number of amides is 1. The molecule has 1 N–H and O–H groups in total. The Morgan fingerprint density at radius 2 is 2.21 bits per heavy atom. The molecule has 0 aliphatic rings. The zero-order valence-corrected chi connectivity index (χ0v) is 9.61. The molecule has 1 rings (SSSR count). The van der Waals surface area contributed by atoms with Crippen molar-refractivity contribution in [3.8, 4) is 0 Å². The van der Waals surface area contributed by atoms with Crippen molar-refractivity contribution in [2.45, 2.75) is 13.3 Å². The highest BCUT2D eigenvalue weighted by atomic mass is 35.5. The molecule has 1 heterocycles. The Kier molecular flexibility index (Phi) is 3.84. The number of hydrogen-bond acceptors (Lipinski definition) is 1. The van der Waals surface area contributed by atoms with Crippen molar-refractivity contribution in [3.63, 3.8) is 0 Å². The van der Waals surface area contributed by atoms with Crippen molar-refractivity contribution < 1.29 is 4.79 Å². The Balaban J connectivity index is 2.85. The van der Waals surface area contributed by atoms with Crippen LogP contribution in [0.15, 0.2) is 6.07 Å². The average Bonchev–Trinajstić information content (AvgIpc) is 2.42. The molecule has 1 aromatic heterocycles. The average molecular weight is 235 g/mol. The van der Waals surface area contributed by atoms with Gasteiger partial charge in [-0.2, -0.15) is 0 Å². The summed E-state index contributed by atoms with van der Waals surface area (Å²) in [4.78, 5) is 11.5. The van der Waals surface area contributed by atoms with Gasteiger partial charge in [0.25, 0.3) is 5.91 Å². The van der Waals surface area contributed by atoms with Crippen molar-refractivity contribution in [2.24, 2.45) is 7.05 Å². The quantitative estimate of drug-likeness (QED) is 0.857. The fourth-order valence-corrected chi connectivity index (χ4v) is 1.47. The van der Waals surface area contributed by atoms with E-state index < -0.39 is 0 Å². The van der Waals surface area contributed by atoms with Crippen molar-refractivity contribution in [2.75, 3.05) is 6.54 Å². The summed E-state index contributed by atoms with van der Waals surface area (Å²) >= 11 is 11.6. The molecule has 0 unspecified atom stereocenters. The van der Waals surface area contributed by atoms with Crippen molar-refractivity contribution >= 4 is 29.1 Å². The van der Waals surface area contributed by atoms with E-state index in [-0.39, 0.29) is 5.91 Å². The zero-order valence-electron chi connectivity index (χ0n) is 8.10. The highest BCUT2D eigenvalue weighted by molar-refractivity contribution is 6.41. The Hall–Kier alpha value is -0.670. The van der Waals surface area contributed by atoms with E-state index in [1.165, 1.54) is 0 Å². The molecular weight excluding hydrogens is 223 g/mol. The van der Waals surface area contributed by atoms with Crippen LogP contribution in [-0.2, 0) is 7.05 Å². The number of halogens is 2. The molecule has 0 atom stereocenters. The molecule has 0 bridgehead atoms. The van der Waals surface area contributed by atoms with E-state index in [4.69, 9.17) is 23.2 Å². The normalized spacial score (nSPS) is 10.3. The molecule has 3 nitrogen and oxygen atoms in total. The number of hydrogen-bond donors (Lipinski definition) is 1. The molecule has 14 heavy (non-hydrogen) atoms. The van der Waals surface area contributed by atoms with Gasteiger partial charge in [-0.15, -0.1) is 0 Å². The Morgan fingerprint density at radius 3 is 2.64 bits per heavy atom. The van der Waals surface area contributed by atoms with Crippen LogP contribution in [0.5, 0.6) is 0 Å². The lowest BCUT2D eigenvalue weighted by Gasteiger charge is -2.04. The summed E-state index contributed by atoms with van der Waals surface area (Å²) in [6.45, 7) is 2.64. The van der Waals surface area contributed by atoms with Crippen LogP contribution in [0, 0.1) is 0 Å². The van der Waals surface area contributed by atoms with Crippen molar-refractivity contribution in [1.29, 1.82) is 0 Å². The van der Waals surface area contributed by atoms with Crippen LogP contribution in [0.2, 0.25) is 10.2 Å². The van der Waals surface area contributed by atoms with E-state index in [0.717, 1.165) is 6.42 Å². The standard InChI is InChI=1S/C9H12Cl2N2O/c1-3-4-12-9(14)7-5-6(10)8(11)13(7)2/h5H,3-4H2,1-2H3,(H,12,14). The summed E-state index contributed by atoms with van der Waals surface area (Å²) in [7, 11) is 1.70. The lowest BCUT2D eigenvalue weighted by molar-refractivity contribution is 0.0945. The first-order chi connectivity index (χ1) is 6.57. The monoisotopic (exact) mass is 234 g/mol. The number of carbonyl (C=O) groups is 1. The van der Waals surface area contributed by atoms with Crippen LogP contribution in [0.3, 0.4) is 0 Å². The Labute approximate surface area is 93.0 Å². The van der Waals surface area contributed by atoms with E-state index in [2.05, 4.69) is 5.32 Å². The Bertz CT molecular complexity index is 347. The minimum absolute atomic E-state index is 0.150. The first-order valence-electron chi connectivity index (χ1n) is 4.36. The minimum Gasteiger partial charge on any atom is -0.351 e. The van der Waals surface area contributed by atoms with Crippen LogP contribution in [0.1, 0.15) is 23.8 Å². The molecule has 0 aromatic carbocycles. The summed E-state index contributed by atoms with van der Waals surface area (Å²) in [6, 6.07) is 1.56. The predicted molar refractivity (Wildman–Crippen MR) is 58.1 cm³/mol. The Morgan fingerprint density at radius 1 is 1.57 bits per heavy atom. The van der Waals surface area contributed by atoms with Crippen LogP contribution < -0.4 is 5.32 Å². The van der Waals surface area contributed by atoms with Crippen molar-refractivity contribution in [3.05, 3.63) is 21.9 Å². The van der Waals surface area contributed by atoms with Crippen LogP contribution in [0.25, 0.3) is 0 Å². The van der Waals surface area contributed by atoms with Crippen LogP contribution >= 0.6 is 23.2 Å². The van der Waals surface area contributed by atoms with E-state index in [1.54, 1.807) is 17.7 Å². The molecule has 0 aliphatic heterocycles. The van der Waals surface area contributed by atoms with Gasteiger partial charge in [0, 0.05) is 13.6 Å². The van der Waals surface area contributed by atoms with Gasteiger partial charge in [0.05, 0.1) is 5.02 Å². The lowest BCUT2D eigenvalue weighted by Crippen LogP contribution is -2.25. The number of carbonyl (C=O) groups excluding carboxylic acids is 1. The summed E-state index contributed by atoms with van der Waals surface area (Å²) in [6.07, 6.45) is 0.900. The highest BCUT2D eigenvalue weighted by Crippen LogP contribution is 2.24. The fourth-order valence-electron chi connectivity index (χ4n) is 1.09. The second-order valence-electron chi connectivity index (χ2n) is 2.98. The van der Waals surface area contributed by atoms with Gasteiger partial charge in [0.1, 0.15) is 10.8 Å². The molecule has 78 valence electrons. The summed E-state index contributed by atoms with van der Waals surface area (Å²) in [5.74, 6) is -0.150. The molecule has 1 amide bonds. The van der Waals surface area contributed by atoms with E-state index >= 15 is 0 Å². The SMILES string of the molecule is CCCNC(=O)c1cc(Cl)c(Cl)n1C. The van der Waals surface area contributed by atoms with Gasteiger partial charge in [0.15, 0.2) is 0 Å². The van der Waals surface area contributed by atoms with Gasteiger partial charge in [-0.25, -0.2) is 0 Å². The summed E-state index contributed by atoms with van der Waals surface area (Å²) in [5.41, 5.74) is 0.480. The molecule has 0 saturated carbocycles. The maximum absolute atomic E-state index is 11.5. The number of rotatable bonds is 3. The third kappa shape index (κ3) is 2.22. The van der Waals surface area contributed by atoms with Crippen molar-refractivity contribution in [1.82, 2.24) is 9.88 Å². The third-order valence-electron chi connectivity index (χ3n) is 1.88. The molecule has 0 spiro atoms. The molecule has 0 radical (unpaired) electrons. The lowest BCUT2D eigenvalue weighted by atomic mass is 10.4. The van der Waals surface area contributed by atoms with Crippen LogP contribution in [-0.4, -0.2) is 17.0 Å². The van der Waals surface area contributed by atoms with Gasteiger partial charge < -0.3 is 9.88 Å². The maximum atomic E-state index is 11.5. The molecule has 5 heteroatoms. The highest BCUT2D eigenvalue weighted by Gasteiger charge is 2.14. The third-order valence-corrected chi connectivity index (χ3v) is 2.73. The summed E-state index contributed by atoms with van der Waals surface area (Å²) in [5, 5.41) is 3.53. The minimum atomic E-state index is -0.150. The predicted octanol–water partition coefficient (Wildman–Crippen LogP) is 2.47. The number of aromatic nitrogens is 1. The molecule has 1 aromatic rings. The van der Waals surface area contributed by atoms with Gasteiger partial charge in [-0.05, 0) is 12.5 Å². The van der Waals surface area contributed by atoms with Crippen LogP contribution in [0.4, 0.5) is 0 Å². The van der Waals surface area contributed by atoms with Gasteiger partial charge >= 0.3 is 0 Å². The molecule has 0 aliphatic carbocycles. The number of nitrogens with one attached hydrogen (secondary N) is 1. The molecular formula is C9H12Cl2N2O. The second kappa shape index (κ2) is 4.71. The first-order valence-corrected chi connectivity index (χ1v) is 5.12.